The van der Waals surface area contributed by atoms with E-state index in [0.717, 1.165) is 45.8 Å². The molecule has 3 aromatic rings. The van der Waals surface area contributed by atoms with Crippen LogP contribution in [0.4, 0.5) is 0 Å². The zero-order valence-electron chi connectivity index (χ0n) is 16.3. The average Bonchev–Trinajstić information content (AvgIpc) is 3.10. The summed E-state index contributed by atoms with van der Waals surface area (Å²) in [6, 6.07) is 5.79. The number of methoxy groups -OCH3 is 2. The van der Waals surface area contributed by atoms with E-state index in [4.69, 9.17) is 14.5 Å². The number of likely N-dealkylation sites (tertiary alicyclic amines) is 1. The molecule has 0 unspecified atom stereocenters. The molecule has 0 amide bonds. The largest absolute Gasteiger partial charge is 0.497 e. The van der Waals surface area contributed by atoms with E-state index in [1.54, 1.807) is 38.5 Å². The molecule has 0 atom stereocenters. The maximum atomic E-state index is 5.54. The van der Waals surface area contributed by atoms with E-state index in [0.29, 0.717) is 0 Å². The van der Waals surface area contributed by atoms with Gasteiger partial charge in [-0.05, 0) is 55.9 Å². The molecule has 0 aliphatic carbocycles. The van der Waals surface area contributed by atoms with Crippen molar-refractivity contribution >= 4 is 22.9 Å². The Labute approximate surface area is 169 Å². The third-order valence-electron chi connectivity index (χ3n) is 5.04. The predicted molar refractivity (Wildman–Crippen MR) is 109 cm³/mol. The van der Waals surface area contributed by atoms with Gasteiger partial charge in [0, 0.05) is 13.1 Å². The molecular formula is C20H25N5O2S. The second-order valence-corrected chi connectivity index (χ2v) is 7.81. The number of rotatable bonds is 7. The first-order valence-corrected chi connectivity index (χ1v) is 10.4. The predicted octanol–water partition coefficient (Wildman–Crippen LogP) is 3.48. The van der Waals surface area contributed by atoms with Gasteiger partial charge >= 0.3 is 0 Å². The fraction of sp³-hybridized carbons (Fsp3) is 0.450. The quantitative estimate of drug-likeness (QED) is 0.603. The summed E-state index contributed by atoms with van der Waals surface area (Å²) in [5.74, 6) is 1.59. The van der Waals surface area contributed by atoms with Crippen LogP contribution in [0, 0.1) is 0 Å². The molecule has 3 heterocycles. The standard InChI is InChI=1S/C20H25N5O2S/c1-26-15-6-7-17(27-2)18(12-15)28-20-23-16-13-21-14-22-19(16)25(20)11-10-24-8-4-3-5-9-24/h6-7,12-14H,3-5,8-11H2,1-2H3. The lowest BCUT2D eigenvalue weighted by atomic mass is 10.1. The number of hydrogen-bond donors (Lipinski definition) is 0. The summed E-state index contributed by atoms with van der Waals surface area (Å²) in [5, 5.41) is 0.888. The minimum atomic E-state index is 0.791. The van der Waals surface area contributed by atoms with Crippen molar-refractivity contribution in [3.8, 4) is 11.5 Å². The summed E-state index contributed by atoms with van der Waals surface area (Å²) in [7, 11) is 3.34. The fourth-order valence-electron chi connectivity index (χ4n) is 3.52. The van der Waals surface area contributed by atoms with Gasteiger partial charge in [-0.3, -0.25) is 0 Å². The van der Waals surface area contributed by atoms with E-state index in [9.17, 15) is 0 Å². The average molecular weight is 400 g/mol. The van der Waals surface area contributed by atoms with Crippen molar-refractivity contribution < 1.29 is 9.47 Å². The molecule has 2 aromatic heterocycles. The maximum Gasteiger partial charge on any atom is 0.175 e. The lowest BCUT2D eigenvalue weighted by Gasteiger charge is -2.26. The van der Waals surface area contributed by atoms with Crippen LogP contribution < -0.4 is 9.47 Å². The Kier molecular flexibility index (Phi) is 5.97. The number of benzene rings is 1. The number of fused-ring (bicyclic) bond motifs is 1. The second kappa shape index (κ2) is 8.79. The van der Waals surface area contributed by atoms with E-state index >= 15 is 0 Å². The summed E-state index contributed by atoms with van der Waals surface area (Å²) < 4.78 is 13.1. The van der Waals surface area contributed by atoms with Crippen molar-refractivity contribution in [2.24, 2.45) is 0 Å². The number of aromatic nitrogens is 4. The molecule has 1 saturated heterocycles. The van der Waals surface area contributed by atoms with E-state index in [-0.39, 0.29) is 0 Å². The molecule has 1 aliphatic heterocycles. The van der Waals surface area contributed by atoms with Crippen LogP contribution in [-0.2, 0) is 6.54 Å². The van der Waals surface area contributed by atoms with Crippen molar-refractivity contribution in [3.63, 3.8) is 0 Å². The molecule has 4 rings (SSSR count). The van der Waals surface area contributed by atoms with Crippen molar-refractivity contribution in [1.29, 1.82) is 0 Å². The molecule has 0 bridgehead atoms. The Balaban J connectivity index is 1.64. The van der Waals surface area contributed by atoms with Gasteiger partial charge in [-0.15, -0.1) is 0 Å². The highest BCUT2D eigenvalue weighted by molar-refractivity contribution is 7.99. The Hall–Kier alpha value is -2.32. The highest BCUT2D eigenvalue weighted by atomic mass is 32.2. The van der Waals surface area contributed by atoms with Crippen LogP contribution in [-0.4, -0.2) is 58.3 Å². The summed E-state index contributed by atoms with van der Waals surface area (Å²) in [6.45, 7) is 4.20. The van der Waals surface area contributed by atoms with Crippen molar-refractivity contribution in [2.75, 3.05) is 33.9 Å². The van der Waals surface area contributed by atoms with Crippen LogP contribution in [0.1, 0.15) is 19.3 Å². The van der Waals surface area contributed by atoms with Crippen LogP contribution in [0.15, 0.2) is 40.8 Å². The lowest BCUT2D eigenvalue weighted by Crippen LogP contribution is -2.32. The zero-order valence-corrected chi connectivity index (χ0v) is 17.1. The Morgan fingerprint density at radius 2 is 1.93 bits per heavy atom. The molecule has 0 radical (unpaired) electrons. The number of nitrogens with zero attached hydrogens (tertiary/aromatic N) is 5. The van der Waals surface area contributed by atoms with Crippen LogP contribution in [0.3, 0.4) is 0 Å². The zero-order chi connectivity index (χ0) is 19.3. The Morgan fingerprint density at radius 3 is 2.71 bits per heavy atom. The number of piperidine rings is 1. The SMILES string of the molecule is COc1ccc(OC)c(Sc2nc3cncnc3n2CCN2CCCCC2)c1. The fourth-order valence-corrected chi connectivity index (χ4v) is 4.58. The van der Waals surface area contributed by atoms with Crippen LogP contribution >= 0.6 is 11.8 Å². The van der Waals surface area contributed by atoms with Crippen molar-refractivity contribution in [1.82, 2.24) is 24.4 Å². The van der Waals surface area contributed by atoms with Gasteiger partial charge in [0.15, 0.2) is 10.8 Å². The molecule has 7 nitrogen and oxygen atoms in total. The normalized spacial score (nSPS) is 15.1. The van der Waals surface area contributed by atoms with Gasteiger partial charge in [-0.25, -0.2) is 15.0 Å². The van der Waals surface area contributed by atoms with Gasteiger partial charge in [-0.1, -0.05) is 6.42 Å². The first kappa shape index (κ1) is 19.0. The molecular weight excluding hydrogens is 374 g/mol. The summed E-state index contributed by atoms with van der Waals surface area (Å²) >= 11 is 1.57. The van der Waals surface area contributed by atoms with Crippen LogP contribution in [0.25, 0.3) is 11.2 Å². The van der Waals surface area contributed by atoms with Crippen molar-refractivity contribution in [3.05, 3.63) is 30.7 Å². The molecule has 0 spiro atoms. The topological polar surface area (TPSA) is 65.3 Å². The van der Waals surface area contributed by atoms with E-state index in [1.165, 1.54) is 32.4 Å². The number of ether oxygens (including phenoxy) is 2. The monoisotopic (exact) mass is 399 g/mol. The van der Waals surface area contributed by atoms with Crippen molar-refractivity contribution in [2.45, 2.75) is 35.9 Å². The van der Waals surface area contributed by atoms with E-state index in [1.807, 2.05) is 18.2 Å². The van der Waals surface area contributed by atoms with Gasteiger partial charge < -0.3 is 18.9 Å². The molecule has 1 aromatic carbocycles. The Morgan fingerprint density at radius 1 is 1.07 bits per heavy atom. The molecule has 148 valence electrons. The van der Waals surface area contributed by atoms with Gasteiger partial charge in [0.1, 0.15) is 23.3 Å². The van der Waals surface area contributed by atoms with Gasteiger partial charge in [0.2, 0.25) is 0 Å². The summed E-state index contributed by atoms with van der Waals surface area (Å²) in [5.41, 5.74) is 1.68. The molecule has 0 saturated carbocycles. The molecule has 1 aliphatic rings. The second-order valence-electron chi connectivity index (χ2n) is 6.80. The Bertz CT molecular complexity index is 939. The molecule has 8 heteroatoms. The van der Waals surface area contributed by atoms with Crippen LogP contribution in [0.5, 0.6) is 11.5 Å². The third-order valence-corrected chi connectivity index (χ3v) is 6.07. The van der Waals surface area contributed by atoms with E-state index < -0.39 is 0 Å². The summed E-state index contributed by atoms with van der Waals surface area (Å²) in [4.78, 5) is 16.9. The smallest absolute Gasteiger partial charge is 0.175 e. The minimum absolute atomic E-state index is 0.791. The molecule has 28 heavy (non-hydrogen) atoms. The van der Waals surface area contributed by atoms with E-state index in [2.05, 4.69) is 19.4 Å². The van der Waals surface area contributed by atoms with Gasteiger partial charge in [0.25, 0.3) is 0 Å². The van der Waals surface area contributed by atoms with Gasteiger partial charge in [-0.2, -0.15) is 0 Å². The first-order valence-electron chi connectivity index (χ1n) is 9.57. The molecule has 1 fully saturated rings. The first-order chi connectivity index (χ1) is 13.8. The maximum absolute atomic E-state index is 5.54. The minimum Gasteiger partial charge on any atom is -0.497 e. The van der Waals surface area contributed by atoms with Crippen LogP contribution in [0.2, 0.25) is 0 Å². The number of hydrogen-bond acceptors (Lipinski definition) is 7. The summed E-state index contributed by atoms with van der Waals surface area (Å²) in [6.07, 6.45) is 7.27. The number of imidazole rings is 1. The van der Waals surface area contributed by atoms with Gasteiger partial charge in [0.05, 0.1) is 25.3 Å². The third kappa shape index (κ3) is 4.07. The molecule has 0 N–H and O–H groups in total. The lowest BCUT2D eigenvalue weighted by molar-refractivity contribution is 0.219. The highest BCUT2D eigenvalue weighted by Crippen LogP contribution is 2.37. The highest BCUT2D eigenvalue weighted by Gasteiger charge is 2.18.